The standard InChI is InChI=1S/C62H100N4O2S/c1-15-23-27-45(19-5)41-65(42-46(20-6)28-24-16-2)35-33-49-37-51(61(9,10)11)57-53(39-49)63-59(67-57)55-31-32-56(69-55)60-64-54-40-50(38-52(58(54)68-60)62(12,13)14)34-36-66(43-47(21-7)29-25-17-3)44-48(22-8)30-26-18-4/h31-32,37-40,45-48H,15-30,33-36,41-44H2,1-14H3. The lowest BCUT2D eigenvalue weighted by Crippen LogP contribution is -2.35. The summed E-state index contributed by atoms with van der Waals surface area (Å²) in [4.78, 5) is 18.1. The van der Waals surface area contributed by atoms with Crippen molar-refractivity contribution in [2.24, 2.45) is 23.7 Å². The topological polar surface area (TPSA) is 58.5 Å². The van der Waals surface area contributed by atoms with Gasteiger partial charge in [0.25, 0.3) is 0 Å². The van der Waals surface area contributed by atoms with Crippen molar-refractivity contribution in [1.29, 1.82) is 0 Å². The molecule has 4 unspecified atom stereocenters. The van der Waals surface area contributed by atoms with Crippen LogP contribution >= 0.6 is 11.3 Å². The highest BCUT2D eigenvalue weighted by Crippen LogP contribution is 2.41. The Bertz CT molecular complexity index is 2040. The average molecular weight is 966 g/mol. The van der Waals surface area contributed by atoms with Gasteiger partial charge in [0.05, 0.1) is 9.75 Å². The molecule has 69 heavy (non-hydrogen) atoms. The molecular weight excluding hydrogens is 865 g/mol. The van der Waals surface area contributed by atoms with Crippen LogP contribution < -0.4 is 0 Å². The SMILES string of the molecule is CCCCC(CC)CN(CCc1cc(C(C)(C)C)c2oc(-c3ccc(-c4nc5cc(CCN(CC(CC)CCCC)CC(CC)CCCC)cc(C(C)(C)C)c5o4)s3)nc2c1)CC(CC)CCCC. The maximum atomic E-state index is 6.77. The molecule has 0 radical (unpaired) electrons. The first kappa shape index (κ1) is 56.9. The molecule has 0 aliphatic heterocycles. The Balaban J connectivity index is 1.41. The predicted octanol–water partition coefficient (Wildman–Crippen LogP) is 18.5. The van der Waals surface area contributed by atoms with Crippen molar-refractivity contribution in [2.75, 3.05) is 39.3 Å². The van der Waals surface area contributed by atoms with E-state index in [-0.39, 0.29) is 10.8 Å². The van der Waals surface area contributed by atoms with Crippen molar-refractivity contribution in [1.82, 2.24) is 19.8 Å². The van der Waals surface area contributed by atoms with E-state index in [1.54, 1.807) is 11.3 Å². The molecule has 0 fully saturated rings. The number of oxazole rings is 2. The lowest BCUT2D eigenvalue weighted by molar-refractivity contribution is 0.183. The second-order valence-corrected chi connectivity index (χ2v) is 24.5. The summed E-state index contributed by atoms with van der Waals surface area (Å²) in [6, 6.07) is 13.7. The fourth-order valence-electron chi connectivity index (χ4n) is 10.6. The first-order chi connectivity index (χ1) is 33.1. The molecule has 0 aliphatic carbocycles. The lowest BCUT2D eigenvalue weighted by atomic mass is 9.85. The van der Waals surface area contributed by atoms with Gasteiger partial charge in [0, 0.05) is 50.4 Å². The van der Waals surface area contributed by atoms with E-state index in [9.17, 15) is 0 Å². The number of hydrogen-bond acceptors (Lipinski definition) is 7. The van der Waals surface area contributed by atoms with Crippen molar-refractivity contribution in [3.8, 4) is 21.5 Å². The van der Waals surface area contributed by atoms with E-state index in [1.165, 1.54) is 151 Å². The van der Waals surface area contributed by atoms with Gasteiger partial charge < -0.3 is 18.6 Å². The third-order valence-electron chi connectivity index (χ3n) is 15.4. The molecule has 386 valence electrons. The molecular formula is C62H100N4O2S. The molecule has 0 spiro atoms. The summed E-state index contributed by atoms with van der Waals surface area (Å²) in [5.41, 5.74) is 8.72. The Morgan fingerprint density at radius 3 is 1.07 bits per heavy atom. The smallest absolute Gasteiger partial charge is 0.237 e. The Kier molecular flexibility index (Phi) is 22.9. The fourth-order valence-corrected chi connectivity index (χ4v) is 11.4. The first-order valence-corrected chi connectivity index (χ1v) is 29.3. The van der Waals surface area contributed by atoms with Gasteiger partial charge in [-0.3, -0.25) is 0 Å². The summed E-state index contributed by atoms with van der Waals surface area (Å²) in [7, 11) is 0. The molecule has 0 saturated carbocycles. The molecule has 4 atom stereocenters. The van der Waals surface area contributed by atoms with Crippen molar-refractivity contribution in [3.05, 3.63) is 58.7 Å². The summed E-state index contributed by atoms with van der Waals surface area (Å²) in [6.07, 6.45) is 22.9. The van der Waals surface area contributed by atoms with Gasteiger partial charge in [-0.15, -0.1) is 11.3 Å². The molecule has 0 amide bonds. The van der Waals surface area contributed by atoms with Crippen LogP contribution in [-0.4, -0.2) is 59.0 Å². The number of rotatable bonds is 32. The number of fused-ring (bicyclic) bond motifs is 2. The molecule has 3 heterocycles. The van der Waals surface area contributed by atoms with Gasteiger partial charge in [-0.05, 0) is 108 Å². The third kappa shape index (κ3) is 16.8. The minimum Gasteiger partial charge on any atom is -0.435 e. The van der Waals surface area contributed by atoms with Gasteiger partial charge >= 0.3 is 0 Å². The van der Waals surface area contributed by atoms with E-state index in [1.807, 2.05) is 0 Å². The molecule has 5 aromatic rings. The van der Waals surface area contributed by atoms with E-state index in [0.29, 0.717) is 11.8 Å². The van der Waals surface area contributed by atoms with Crippen LogP contribution in [-0.2, 0) is 23.7 Å². The number of unbranched alkanes of at least 4 members (excludes halogenated alkanes) is 4. The van der Waals surface area contributed by atoms with Gasteiger partial charge in [0.2, 0.25) is 11.8 Å². The van der Waals surface area contributed by atoms with E-state index in [4.69, 9.17) is 18.8 Å². The van der Waals surface area contributed by atoms with Gasteiger partial charge in [0.15, 0.2) is 11.2 Å². The molecule has 0 N–H and O–H groups in total. The highest BCUT2D eigenvalue weighted by Gasteiger charge is 2.27. The monoisotopic (exact) mass is 965 g/mol. The largest absolute Gasteiger partial charge is 0.435 e. The van der Waals surface area contributed by atoms with E-state index in [0.717, 1.165) is 81.6 Å². The number of benzene rings is 2. The predicted molar refractivity (Wildman–Crippen MR) is 301 cm³/mol. The summed E-state index contributed by atoms with van der Waals surface area (Å²) in [5, 5.41) is 0. The minimum absolute atomic E-state index is 0.0918. The van der Waals surface area contributed by atoms with Crippen LogP contribution in [0.2, 0.25) is 0 Å². The van der Waals surface area contributed by atoms with E-state index >= 15 is 0 Å². The van der Waals surface area contributed by atoms with Crippen LogP contribution in [0.15, 0.2) is 45.2 Å². The Hall–Kier alpha value is -3.00. The average Bonchev–Trinajstić information content (AvgIpc) is 4.10. The van der Waals surface area contributed by atoms with Crippen LogP contribution in [0.3, 0.4) is 0 Å². The summed E-state index contributed by atoms with van der Waals surface area (Å²) in [5.74, 6) is 4.41. The van der Waals surface area contributed by atoms with Gasteiger partial charge in [-0.1, -0.05) is 186 Å². The Morgan fingerprint density at radius 1 is 0.478 bits per heavy atom. The van der Waals surface area contributed by atoms with Crippen LogP contribution in [0.1, 0.15) is 222 Å². The normalized spacial score (nSPS) is 14.5. The van der Waals surface area contributed by atoms with Crippen molar-refractivity contribution < 1.29 is 8.83 Å². The zero-order valence-corrected chi connectivity index (χ0v) is 47.6. The molecule has 7 heteroatoms. The molecule has 2 aromatic carbocycles. The Morgan fingerprint density at radius 2 is 0.797 bits per heavy atom. The fraction of sp³-hybridized carbons (Fsp3) is 0.710. The maximum Gasteiger partial charge on any atom is 0.237 e. The Labute approximate surface area is 426 Å². The zero-order chi connectivity index (χ0) is 50.1. The third-order valence-corrected chi connectivity index (χ3v) is 16.5. The van der Waals surface area contributed by atoms with Crippen molar-refractivity contribution in [3.63, 3.8) is 0 Å². The molecule has 0 bridgehead atoms. The number of nitrogens with zero attached hydrogens (tertiary/aromatic N) is 4. The number of aromatic nitrogens is 2. The molecule has 0 aliphatic rings. The minimum atomic E-state index is -0.0918. The molecule has 3 aromatic heterocycles. The van der Waals surface area contributed by atoms with Crippen molar-refractivity contribution in [2.45, 2.75) is 223 Å². The molecule has 0 saturated heterocycles. The highest BCUT2D eigenvalue weighted by molar-refractivity contribution is 7.18. The van der Waals surface area contributed by atoms with Crippen LogP contribution in [0, 0.1) is 23.7 Å². The quantitative estimate of drug-likeness (QED) is 0.0428. The van der Waals surface area contributed by atoms with Crippen LogP contribution in [0.25, 0.3) is 43.7 Å². The first-order valence-electron chi connectivity index (χ1n) is 28.5. The zero-order valence-electron chi connectivity index (χ0n) is 46.8. The van der Waals surface area contributed by atoms with Gasteiger partial charge in [0.1, 0.15) is 11.0 Å². The van der Waals surface area contributed by atoms with Crippen LogP contribution in [0.4, 0.5) is 0 Å². The molecule has 6 nitrogen and oxygen atoms in total. The second-order valence-electron chi connectivity index (χ2n) is 23.4. The maximum absolute atomic E-state index is 6.77. The molecule has 5 rings (SSSR count). The summed E-state index contributed by atoms with van der Waals surface area (Å²) in [6.45, 7) is 39.7. The second kappa shape index (κ2) is 27.7. The van der Waals surface area contributed by atoms with Crippen molar-refractivity contribution >= 4 is 33.5 Å². The number of hydrogen-bond donors (Lipinski definition) is 0. The van der Waals surface area contributed by atoms with E-state index < -0.39 is 0 Å². The lowest BCUT2D eigenvalue weighted by Gasteiger charge is -2.31. The van der Waals surface area contributed by atoms with E-state index in [2.05, 4.69) is 143 Å². The summed E-state index contributed by atoms with van der Waals surface area (Å²) >= 11 is 1.66. The van der Waals surface area contributed by atoms with Gasteiger partial charge in [-0.25, -0.2) is 9.97 Å². The highest BCUT2D eigenvalue weighted by atomic mass is 32.1. The van der Waals surface area contributed by atoms with Crippen LogP contribution in [0.5, 0.6) is 0 Å². The van der Waals surface area contributed by atoms with Gasteiger partial charge in [-0.2, -0.15) is 0 Å². The number of thiophene rings is 1. The summed E-state index contributed by atoms with van der Waals surface area (Å²) < 4.78 is 13.5.